The van der Waals surface area contributed by atoms with E-state index in [1.165, 1.54) is 9.21 Å². The van der Waals surface area contributed by atoms with Gasteiger partial charge >= 0.3 is 0 Å². The summed E-state index contributed by atoms with van der Waals surface area (Å²) >= 11 is 6.34. The van der Waals surface area contributed by atoms with Crippen LogP contribution in [0.4, 0.5) is 5.69 Å². The van der Waals surface area contributed by atoms with Crippen molar-refractivity contribution in [3.63, 3.8) is 0 Å². The highest BCUT2D eigenvalue weighted by Crippen LogP contribution is 2.36. The molecule has 2 atom stereocenters. The molecule has 1 aliphatic heterocycles. The average molecular weight is 552 g/mol. The number of sulfonamides is 1. The third-order valence-corrected chi connectivity index (χ3v) is 7.83. The van der Waals surface area contributed by atoms with Crippen molar-refractivity contribution in [2.45, 2.75) is 58.7 Å². The highest BCUT2D eigenvalue weighted by Gasteiger charge is 2.28. The third kappa shape index (κ3) is 7.52. The lowest BCUT2D eigenvalue weighted by Crippen LogP contribution is -2.49. The normalized spacial score (nSPS) is 14.1. The van der Waals surface area contributed by atoms with Gasteiger partial charge in [0.25, 0.3) is 0 Å². The number of benzene rings is 2. The topological polar surface area (TPSA) is 105 Å². The van der Waals surface area contributed by atoms with Crippen LogP contribution in [0.1, 0.15) is 45.6 Å². The van der Waals surface area contributed by atoms with E-state index in [1.54, 1.807) is 37.3 Å². The summed E-state index contributed by atoms with van der Waals surface area (Å²) in [6, 6.07) is 11.3. The molecule has 37 heavy (non-hydrogen) atoms. The molecule has 1 aliphatic rings. The van der Waals surface area contributed by atoms with E-state index in [4.69, 9.17) is 21.1 Å². The molecule has 3 rings (SSSR count). The molecule has 1 heterocycles. The molecule has 202 valence electrons. The second-order valence-corrected chi connectivity index (χ2v) is 11.4. The summed E-state index contributed by atoms with van der Waals surface area (Å²) in [7, 11) is -3.62. The summed E-state index contributed by atoms with van der Waals surface area (Å²) in [5, 5.41) is 3.43. The maximum atomic E-state index is 13.4. The van der Waals surface area contributed by atoms with Gasteiger partial charge in [-0.25, -0.2) is 8.42 Å². The summed E-state index contributed by atoms with van der Waals surface area (Å²) in [5.74, 6) is 0.486. The number of hydrogen-bond donors (Lipinski definition) is 1. The zero-order valence-electron chi connectivity index (χ0n) is 21.6. The van der Waals surface area contributed by atoms with Gasteiger partial charge in [0.05, 0.1) is 11.9 Å². The number of rotatable bonds is 12. The van der Waals surface area contributed by atoms with Crippen LogP contribution in [-0.2, 0) is 26.2 Å². The first-order valence-electron chi connectivity index (χ1n) is 12.2. The number of carbonyl (C=O) groups is 2. The fourth-order valence-electron chi connectivity index (χ4n) is 3.90. The minimum absolute atomic E-state index is 0.0303. The van der Waals surface area contributed by atoms with Gasteiger partial charge in [-0.3, -0.25) is 13.9 Å². The zero-order chi connectivity index (χ0) is 27.2. The molecule has 2 aromatic rings. The van der Waals surface area contributed by atoms with Crippen molar-refractivity contribution in [3.05, 3.63) is 53.1 Å². The summed E-state index contributed by atoms with van der Waals surface area (Å²) in [6.45, 7) is 5.87. The minimum Gasteiger partial charge on any atom is -0.454 e. The molecular weight excluding hydrogens is 518 g/mol. The van der Waals surface area contributed by atoms with Gasteiger partial charge in [-0.15, -0.1) is 0 Å². The smallest absolute Gasteiger partial charge is 0.242 e. The van der Waals surface area contributed by atoms with Gasteiger partial charge in [0, 0.05) is 36.6 Å². The van der Waals surface area contributed by atoms with Crippen LogP contribution in [0.3, 0.4) is 0 Å². The van der Waals surface area contributed by atoms with Crippen LogP contribution in [0.25, 0.3) is 0 Å². The average Bonchev–Trinajstić information content (AvgIpc) is 3.32. The Morgan fingerprint density at radius 1 is 1.11 bits per heavy atom. The maximum Gasteiger partial charge on any atom is 0.242 e. The molecule has 2 aromatic carbocycles. The Labute approximate surface area is 223 Å². The van der Waals surface area contributed by atoms with E-state index in [0.29, 0.717) is 22.2 Å². The molecule has 0 aromatic heterocycles. The molecule has 0 unspecified atom stereocenters. The molecule has 0 saturated heterocycles. The molecule has 0 spiro atoms. The molecule has 9 nitrogen and oxygen atoms in total. The Bertz CT molecular complexity index is 1220. The predicted molar refractivity (Wildman–Crippen MR) is 143 cm³/mol. The molecule has 0 aliphatic carbocycles. The zero-order valence-corrected chi connectivity index (χ0v) is 23.1. The first-order valence-corrected chi connectivity index (χ1v) is 14.4. The number of fused-ring (bicyclic) bond motifs is 1. The standard InChI is InChI=1S/C26H34ClN3O6S/c1-5-18(2)28-26(32)19(3)29(16-20-9-6-7-10-22(20)27)25(31)11-8-14-30(37(4,33)34)21-12-13-23-24(15-21)36-17-35-23/h6-7,9-10,12-13,15,18-19H,5,8,11,14,16-17H2,1-4H3,(H,28,32)/t18-,19+/m1/s1. The van der Waals surface area contributed by atoms with Gasteiger partial charge in [-0.05, 0) is 50.5 Å². The highest BCUT2D eigenvalue weighted by atomic mass is 35.5. The van der Waals surface area contributed by atoms with Crippen LogP contribution < -0.4 is 19.1 Å². The molecule has 0 radical (unpaired) electrons. The van der Waals surface area contributed by atoms with Crippen molar-refractivity contribution in [1.29, 1.82) is 0 Å². The number of hydrogen-bond acceptors (Lipinski definition) is 6. The lowest BCUT2D eigenvalue weighted by molar-refractivity contribution is -0.140. The third-order valence-electron chi connectivity index (χ3n) is 6.26. The summed E-state index contributed by atoms with van der Waals surface area (Å²) < 4.78 is 37.0. The van der Waals surface area contributed by atoms with E-state index in [0.717, 1.165) is 18.2 Å². The fraction of sp³-hybridized carbons (Fsp3) is 0.462. The maximum absolute atomic E-state index is 13.4. The van der Waals surface area contributed by atoms with Crippen molar-refractivity contribution < 1.29 is 27.5 Å². The highest BCUT2D eigenvalue weighted by molar-refractivity contribution is 7.92. The summed E-state index contributed by atoms with van der Waals surface area (Å²) in [6.07, 6.45) is 2.17. The van der Waals surface area contributed by atoms with Crippen LogP contribution in [0.15, 0.2) is 42.5 Å². The number of carbonyl (C=O) groups excluding carboxylic acids is 2. The second kappa shape index (κ2) is 12.5. The van der Waals surface area contributed by atoms with Crippen molar-refractivity contribution in [2.75, 3.05) is 23.9 Å². The summed E-state index contributed by atoms with van der Waals surface area (Å²) in [5.41, 5.74) is 1.15. The van der Waals surface area contributed by atoms with Crippen LogP contribution in [0.2, 0.25) is 5.02 Å². The Hall–Kier alpha value is -2.98. The fourth-order valence-corrected chi connectivity index (χ4v) is 5.06. The molecule has 0 saturated carbocycles. The lowest BCUT2D eigenvalue weighted by atomic mass is 10.1. The van der Waals surface area contributed by atoms with Crippen LogP contribution in [0, 0.1) is 0 Å². The second-order valence-electron chi connectivity index (χ2n) is 9.08. The number of anilines is 1. The van der Waals surface area contributed by atoms with E-state index < -0.39 is 16.1 Å². The Kier molecular flexibility index (Phi) is 9.67. The molecule has 2 amide bonds. The van der Waals surface area contributed by atoms with E-state index in [9.17, 15) is 18.0 Å². The molecule has 11 heteroatoms. The number of amides is 2. The van der Waals surface area contributed by atoms with Crippen molar-refractivity contribution in [3.8, 4) is 11.5 Å². The Balaban J connectivity index is 1.74. The van der Waals surface area contributed by atoms with E-state index in [2.05, 4.69) is 5.32 Å². The number of halogens is 1. The number of nitrogens with one attached hydrogen (secondary N) is 1. The molecule has 1 N–H and O–H groups in total. The van der Waals surface area contributed by atoms with Crippen LogP contribution in [-0.4, -0.2) is 56.8 Å². The first-order chi connectivity index (χ1) is 17.5. The SMILES string of the molecule is CC[C@@H](C)NC(=O)[C@H](C)N(Cc1ccccc1Cl)C(=O)CCCN(c1ccc2c(c1)OCO2)S(C)(=O)=O. The van der Waals surface area contributed by atoms with Gasteiger partial charge in [0.2, 0.25) is 28.6 Å². The van der Waals surface area contributed by atoms with Gasteiger partial charge < -0.3 is 19.7 Å². The monoisotopic (exact) mass is 551 g/mol. The van der Waals surface area contributed by atoms with Gasteiger partial charge in [-0.1, -0.05) is 36.7 Å². The molecule has 0 fully saturated rings. The minimum atomic E-state index is -3.62. The Morgan fingerprint density at radius 2 is 1.81 bits per heavy atom. The van der Waals surface area contributed by atoms with E-state index in [-0.39, 0.29) is 50.6 Å². The van der Waals surface area contributed by atoms with Crippen LogP contribution in [0.5, 0.6) is 11.5 Å². The lowest BCUT2D eigenvalue weighted by Gasteiger charge is -2.30. The summed E-state index contributed by atoms with van der Waals surface area (Å²) in [4.78, 5) is 27.7. The van der Waals surface area contributed by atoms with Crippen molar-refractivity contribution in [2.24, 2.45) is 0 Å². The quantitative estimate of drug-likeness (QED) is 0.428. The van der Waals surface area contributed by atoms with E-state index in [1.807, 2.05) is 26.0 Å². The van der Waals surface area contributed by atoms with Gasteiger partial charge in [0.1, 0.15) is 6.04 Å². The van der Waals surface area contributed by atoms with Crippen molar-refractivity contribution >= 4 is 39.1 Å². The Morgan fingerprint density at radius 3 is 2.49 bits per heavy atom. The molecule has 0 bridgehead atoms. The predicted octanol–water partition coefficient (Wildman–Crippen LogP) is 3.95. The first kappa shape index (κ1) is 28.6. The largest absolute Gasteiger partial charge is 0.454 e. The van der Waals surface area contributed by atoms with Crippen molar-refractivity contribution in [1.82, 2.24) is 10.2 Å². The van der Waals surface area contributed by atoms with Gasteiger partial charge in [-0.2, -0.15) is 0 Å². The van der Waals surface area contributed by atoms with E-state index >= 15 is 0 Å². The molecular formula is C26H34ClN3O6S. The number of ether oxygens (including phenoxy) is 2. The van der Waals surface area contributed by atoms with Gasteiger partial charge in [0.15, 0.2) is 11.5 Å². The van der Waals surface area contributed by atoms with Crippen LogP contribution >= 0.6 is 11.6 Å². The number of nitrogens with zero attached hydrogens (tertiary/aromatic N) is 2.